The smallest absolute Gasteiger partial charge is 0.0929 e. The van der Waals surface area contributed by atoms with Gasteiger partial charge >= 0.3 is 0 Å². The molecule has 0 nitrogen and oxygen atoms in total. The van der Waals surface area contributed by atoms with Crippen molar-refractivity contribution in [2.24, 2.45) is 0 Å². The highest BCUT2D eigenvalue weighted by atomic mass is 79.9. The fraction of sp³-hybridized carbons (Fsp3) is 0.143. The minimum Gasteiger partial charge on any atom is -0.0929 e. The van der Waals surface area contributed by atoms with Crippen molar-refractivity contribution >= 4 is 40.7 Å². The molecule has 0 amide bonds. The van der Waals surface area contributed by atoms with Crippen molar-refractivity contribution < 1.29 is 0 Å². The molecule has 0 aliphatic rings. The van der Waals surface area contributed by atoms with Crippen molar-refractivity contribution in [3.8, 4) is 0 Å². The van der Waals surface area contributed by atoms with E-state index in [0.717, 1.165) is 0 Å². The van der Waals surface area contributed by atoms with Crippen LogP contribution in [0.5, 0.6) is 0 Å². The first-order valence-electron chi connectivity index (χ1n) is 5.56. The van der Waals surface area contributed by atoms with Crippen LogP contribution in [0.1, 0.15) is 6.92 Å². The molecule has 2 aromatic carbocycles. The van der Waals surface area contributed by atoms with E-state index in [1.807, 2.05) is 0 Å². The summed E-state index contributed by atoms with van der Waals surface area (Å²) in [6.45, 7) is 6.34. The second-order valence-corrected chi connectivity index (χ2v) is 9.08. The number of benzene rings is 2. The van der Waals surface area contributed by atoms with E-state index >= 15 is 0 Å². The molecule has 0 aliphatic carbocycles. The van der Waals surface area contributed by atoms with E-state index in [2.05, 4.69) is 71.9 Å². The average Bonchev–Trinajstić information content (AvgIpc) is 2.30. The summed E-state index contributed by atoms with van der Waals surface area (Å²) in [4.78, 5) is 0. The molecule has 0 aromatic heterocycles. The minimum atomic E-state index is -1.07. The lowest BCUT2D eigenvalue weighted by molar-refractivity contribution is 1.44. The van der Waals surface area contributed by atoms with Crippen LogP contribution in [0.3, 0.4) is 0 Å². The van der Waals surface area contributed by atoms with Crippen molar-refractivity contribution in [2.75, 3.05) is 0 Å². The van der Waals surface area contributed by atoms with Gasteiger partial charge in [-0.1, -0.05) is 77.9 Å². The summed E-state index contributed by atoms with van der Waals surface area (Å²) in [6, 6.07) is 16.4. The second-order valence-electron chi connectivity index (χ2n) is 3.98. The van der Waals surface area contributed by atoms with Gasteiger partial charge in [0.25, 0.3) is 0 Å². The Kier molecular flexibility index (Phi) is 3.61. The Morgan fingerprint density at radius 1 is 1.19 bits per heavy atom. The monoisotopic (exact) mass is 290 g/mol. The summed E-state index contributed by atoms with van der Waals surface area (Å²) >= 11 is 3.59. The summed E-state index contributed by atoms with van der Waals surface area (Å²) in [5.41, 5.74) is 0. The predicted molar refractivity (Wildman–Crippen MR) is 79.3 cm³/mol. The van der Waals surface area contributed by atoms with Gasteiger partial charge in [0.15, 0.2) is 0 Å². The molecule has 0 spiro atoms. The summed E-state index contributed by atoms with van der Waals surface area (Å²) < 4.78 is 1.20. The molecule has 0 saturated heterocycles. The summed E-state index contributed by atoms with van der Waals surface area (Å²) in [5, 5.41) is 4.23. The van der Waals surface area contributed by atoms with Gasteiger partial charge in [0.1, 0.15) is 8.80 Å². The zero-order chi connectivity index (χ0) is 11.5. The van der Waals surface area contributed by atoms with Gasteiger partial charge in [0.05, 0.1) is 0 Å². The van der Waals surface area contributed by atoms with Crippen molar-refractivity contribution in [3.63, 3.8) is 0 Å². The number of rotatable bonds is 3. The topological polar surface area (TPSA) is 0 Å². The summed E-state index contributed by atoms with van der Waals surface area (Å²) in [6.07, 6.45) is 0. The van der Waals surface area contributed by atoms with Crippen LogP contribution in [0.25, 0.3) is 10.8 Å². The third kappa shape index (κ3) is 2.13. The lowest BCUT2D eigenvalue weighted by Gasteiger charge is -2.15. The Morgan fingerprint density at radius 3 is 2.56 bits per heavy atom. The minimum absolute atomic E-state index is 1.07. The molecule has 0 radical (unpaired) electrons. The maximum Gasteiger partial charge on any atom is 0.111 e. The Labute approximate surface area is 107 Å². The highest BCUT2D eigenvalue weighted by Gasteiger charge is 2.15. The Hall–Kier alpha value is -0.863. The molecule has 0 heterocycles. The van der Waals surface area contributed by atoms with Crippen molar-refractivity contribution in [1.82, 2.24) is 0 Å². The van der Waals surface area contributed by atoms with Crippen LogP contribution in [0.4, 0.5) is 0 Å². The van der Waals surface area contributed by atoms with E-state index in [1.54, 1.807) is 0 Å². The first-order chi connectivity index (χ1) is 7.74. The van der Waals surface area contributed by atoms with Gasteiger partial charge in [0, 0.05) is 0 Å². The molecule has 0 aliphatic heterocycles. The maximum atomic E-state index is 4.09. The van der Waals surface area contributed by atoms with E-state index in [0.29, 0.717) is 0 Å². The summed E-state index contributed by atoms with van der Waals surface area (Å²) in [7, 11) is -1.07. The van der Waals surface area contributed by atoms with Gasteiger partial charge in [-0.05, 0) is 20.1 Å². The van der Waals surface area contributed by atoms with E-state index < -0.39 is 8.80 Å². The number of hydrogen-bond donors (Lipinski definition) is 0. The Morgan fingerprint density at radius 2 is 1.88 bits per heavy atom. The van der Waals surface area contributed by atoms with Gasteiger partial charge in [-0.15, -0.1) is 0 Å². The highest BCUT2D eigenvalue weighted by molar-refractivity contribution is 9.12. The predicted octanol–water partition coefficient (Wildman–Crippen LogP) is 3.74. The van der Waals surface area contributed by atoms with Crippen LogP contribution in [0, 0.1) is 0 Å². The summed E-state index contributed by atoms with van der Waals surface area (Å²) in [5.74, 6) is 0. The molecule has 1 atom stereocenters. The van der Waals surface area contributed by atoms with E-state index in [4.69, 9.17) is 0 Å². The van der Waals surface area contributed by atoms with Crippen molar-refractivity contribution in [2.45, 2.75) is 13.0 Å². The van der Waals surface area contributed by atoms with Gasteiger partial charge in [-0.2, -0.15) is 0 Å². The zero-order valence-electron chi connectivity index (χ0n) is 9.41. The Balaban J connectivity index is 2.63. The van der Waals surface area contributed by atoms with E-state index in [-0.39, 0.29) is 0 Å². The van der Waals surface area contributed by atoms with E-state index in [1.165, 1.54) is 26.1 Å². The van der Waals surface area contributed by atoms with Crippen LogP contribution >= 0.6 is 15.9 Å². The molecule has 0 bridgehead atoms. The molecule has 2 rings (SSSR count). The Bertz CT molecular complexity index is 514. The van der Waals surface area contributed by atoms with Gasteiger partial charge in [-0.25, -0.2) is 0 Å². The lowest BCUT2D eigenvalue weighted by Crippen LogP contribution is -2.30. The van der Waals surface area contributed by atoms with Crippen LogP contribution in [-0.2, 0) is 0 Å². The van der Waals surface area contributed by atoms with Crippen molar-refractivity contribution in [1.29, 1.82) is 0 Å². The third-order valence-corrected chi connectivity index (χ3v) is 7.47. The maximum absolute atomic E-state index is 4.09. The van der Waals surface area contributed by atoms with Crippen LogP contribution in [0.15, 0.2) is 53.1 Å². The van der Waals surface area contributed by atoms with Crippen LogP contribution in [0.2, 0.25) is 6.04 Å². The SMILES string of the molecule is C=C(Br)[SiH](CC)c1cccc2ccccc12. The number of fused-ring (bicyclic) bond motifs is 1. The zero-order valence-corrected chi connectivity index (χ0v) is 12.2. The first kappa shape index (κ1) is 11.6. The molecular formula is C14H15BrSi. The molecular weight excluding hydrogens is 276 g/mol. The third-order valence-electron chi connectivity index (χ3n) is 2.99. The molecule has 1 unspecified atom stereocenters. The standard InChI is InChI=1S/C14H15BrSi/c1-3-16(11(2)15)14-10-6-8-12-7-4-5-9-13(12)14/h4-10,16H,2-3H2,1H3. The first-order valence-corrected chi connectivity index (χ1v) is 8.32. The van der Waals surface area contributed by atoms with Crippen LogP contribution < -0.4 is 5.19 Å². The van der Waals surface area contributed by atoms with E-state index in [9.17, 15) is 0 Å². The number of hydrogen-bond acceptors (Lipinski definition) is 0. The molecule has 82 valence electrons. The average molecular weight is 291 g/mol. The van der Waals surface area contributed by atoms with Gasteiger partial charge in [-0.3, -0.25) is 0 Å². The highest BCUT2D eigenvalue weighted by Crippen LogP contribution is 2.17. The largest absolute Gasteiger partial charge is 0.111 e. The molecule has 0 saturated carbocycles. The molecule has 2 heteroatoms. The lowest BCUT2D eigenvalue weighted by atomic mass is 10.1. The molecule has 2 aromatic rings. The van der Waals surface area contributed by atoms with Crippen LogP contribution in [-0.4, -0.2) is 8.80 Å². The quantitative estimate of drug-likeness (QED) is 0.756. The molecule has 16 heavy (non-hydrogen) atoms. The second kappa shape index (κ2) is 4.98. The van der Waals surface area contributed by atoms with Gasteiger partial charge < -0.3 is 0 Å². The number of halogens is 1. The van der Waals surface area contributed by atoms with Gasteiger partial charge in [0.2, 0.25) is 0 Å². The molecule has 0 fully saturated rings. The van der Waals surface area contributed by atoms with Crippen molar-refractivity contribution in [3.05, 3.63) is 53.1 Å². The fourth-order valence-electron chi connectivity index (χ4n) is 2.16. The fourth-order valence-corrected chi connectivity index (χ4v) is 6.08. The molecule has 0 N–H and O–H groups in total. The normalized spacial score (nSPS) is 12.6.